The molecule has 2 amide bonds. The SMILES string of the molecule is CC(=O)c1cccc(NC(=O)C2CCC(C(=O)Nc3ccccc3Cl)CC2)c1. The van der Waals surface area contributed by atoms with E-state index in [1.165, 1.54) is 6.92 Å². The molecule has 5 nitrogen and oxygen atoms in total. The summed E-state index contributed by atoms with van der Waals surface area (Å²) in [5, 5.41) is 6.28. The molecule has 2 aromatic carbocycles. The predicted molar refractivity (Wildman–Crippen MR) is 111 cm³/mol. The van der Waals surface area contributed by atoms with Crippen molar-refractivity contribution in [1.82, 2.24) is 0 Å². The topological polar surface area (TPSA) is 75.3 Å². The predicted octanol–water partition coefficient (Wildman–Crippen LogP) is 4.93. The Morgan fingerprint density at radius 2 is 1.46 bits per heavy atom. The maximum atomic E-state index is 12.5. The number of para-hydroxylation sites is 1. The number of nitrogens with one attached hydrogen (secondary N) is 2. The van der Waals surface area contributed by atoms with Crippen LogP contribution in [0.2, 0.25) is 5.02 Å². The van der Waals surface area contributed by atoms with Crippen molar-refractivity contribution in [1.29, 1.82) is 0 Å². The Kier molecular flexibility index (Phi) is 6.47. The molecule has 0 radical (unpaired) electrons. The molecule has 2 aromatic rings. The number of hydrogen-bond acceptors (Lipinski definition) is 3. The largest absolute Gasteiger partial charge is 0.326 e. The molecule has 0 heterocycles. The summed E-state index contributed by atoms with van der Waals surface area (Å²) in [6.07, 6.45) is 2.61. The molecule has 0 spiro atoms. The molecule has 0 bridgehead atoms. The van der Waals surface area contributed by atoms with Crippen LogP contribution in [-0.2, 0) is 9.59 Å². The Hall–Kier alpha value is -2.66. The molecule has 0 atom stereocenters. The van der Waals surface area contributed by atoms with E-state index in [0.29, 0.717) is 47.6 Å². The lowest BCUT2D eigenvalue weighted by atomic mass is 9.81. The van der Waals surface area contributed by atoms with Gasteiger partial charge in [0.2, 0.25) is 11.8 Å². The summed E-state index contributed by atoms with van der Waals surface area (Å²) >= 11 is 6.09. The highest BCUT2D eigenvalue weighted by Crippen LogP contribution is 2.31. The number of carbonyl (C=O) groups excluding carboxylic acids is 3. The molecule has 28 heavy (non-hydrogen) atoms. The second kappa shape index (κ2) is 9.02. The maximum absolute atomic E-state index is 12.5. The number of halogens is 1. The lowest BCUT2D eigenvalue weighted by molar-refractivity contribution is -0.125. The second-order valence-electron chi connectivity index (χ2n) is 7.14. The van der Waals surface area contributed by atoms with Crippen molar-refractivity contribution >= 4 is 40.6 Å². The minimum Gasteiger partial charge on any atom is -0.326 e. The lowest BCUT2D eigenvalue weighted by Crippen LogP contribution is -2.32. The number of amides is 2. The first-order chi connectivity index (χ1) is 13.4. The molecule has 146 valence electrons. The molecule has 3 rings (SSSR count). The normalized spacial score (nSPS) is 18.9. The van der Waals surface area contributed by atoms with Crippen molar-refractivity contribution in [3.63, 3.8) is 0 Å². The molecule has 1 aliphatic carbocycles. The fourth-order valence-corrected chi connectivity index (χ4v) is 3.66. The monoisotopic (exact) mass is 398 g/mol. The molecule has 1 fully saturated rings. The Morgan fingerprint density at radius 1 is 0.857 bits per heavy atom. The summed E-state index contributed by atoms with van der Waals surface area (Å²) in [6.45, 7) is 1.50. The highest BCUT2D eigenvalue weighted by Gasteiger charge is 2.30. The standard InChI is InChI=1S/C22H23ClN2O3/c1-14(26)17-5-4-6-18(13-17)24-21(27)15-9-11-16(12-10-15)22(28)25-20-8-3-2-7-19(20)23/h2-8,13,15-16H,9-12H2,1H3,(H,24,27)(H,25,28). The van der Waals surface area contributed by atoms with Gasteiger partial charge in [0.05, 0.1) is 10.7 Å². The molecular formula is C22H23ClN2O3. The van der Waals surface area contributed by atoms with Gasteiger partial charge in [-0.25, -0.2) is 0 Å². The van der Waals surface area contributed by atoms with Crippen molar-refractivity contribution in [2.45, 2.75) is 32.6 Å². The number of ketones is 1. The minimum atomic E-state index is -0.134. The summed E-state index contributed by atoms with van der Waals surface area (Å²) in [6, 6.07) is 14.1. The van der Waals surface area contributed by atoms with E-state index in [1.807, 2.05) is 12.1 Å². The van der Waals surface area contributed by atoms with E-state index in [-0.39, 0.29) is 29.4 Å². The number of rotatable bonds is 5. The zero-order valence-corrected chi connectivity index (χ0v) is 16.5. The van der Waals surface area contributed by atoms with Crippen molar-refractivity contribution in [2.75, 3.05) is 10.6 Å². The van der Waals surface area contributed by atoms with Crippen LogP contribution in [0, 0.1) is 11.8 Å². The van der Waals surface area contributed by atoms with Crippen LogP contribution in [0.15, 0.2) is 48.5 Å². The van der Waals surface area contributed by atoms with E-state index >= 15 is 0 Å². The van der Waals surface area contributed by atoms with Gasteiger partial charge < -0.3 is 10.6 Å². The third kappa shape index (κ3) is 4.98. The van der Waals surface area contributed by atoms with E-state index in [9.17, 15) is 14.4 Å². The first-order valence-corrected chi connectivity index (χ1v) is 9.79. The zero-order valence-electron chi connectivity index (χ0n) is 15.7. The highest BCUT2D eigenvalue weighted by molar-refractivity contribution is 6.33. The van der Waals surface area contributed by atoms with Crippen molar-refractivity contribution in [3.05, 3.63) is 59.1 Å². The minimum absolute atomic E-state index is 0.0406. The van der Waals surface area contributed by atoms with E-state index in [4.69, 9.17) is 11.6 Å². The zero-order chi connectivity index (χ0) is 20.1. The maximum Gasteiger partial charge on any atom is 0.227 e. The van der Waals surface area contributed by atoms with Crippen LogP contribution in [0.1, 0.15) is 43.0 Å². The number of hydrogen-bond donors (Lipinski definition) is 2. The average molecular weight is 399 g/mol. The smallest absolute Gasteiger partial charge is 0.227 e. The van der Waals surface area contributed by atoms with E-state index in [1.54, 1.807) is 36.4 Å². The fourth-order valence-electron chi connectivity index (χ4n) is 3.48. The third-order valence-corrected chi connectivity index (χ3v) is 5.47. The Morgan fingerprint density at radius 3 is 2.07 bits per heavy atom. The van der Waals surface area contributed by atoms with Gasteiger partial charge >= 0.3 is 0 Å². The Balaban J connectivity index is 1.52. The molecule has 1 aliphatic rings. The molecule has 0 saturated heterocycles. The van der Waals surface area contributed by atoms with Gasteiger partial charge in [0.1, 0.15) is 0 Å². The average Bonchev–Trinajstić information content (AvgIpc) is 2.70. The molecule has 0 aromatic heterocycles. The molecular weight excluding hydrogens is 376 g/mol. The Labute approximate surface area is 169 Å². The first-order valence-electron chi connectivity index (χ1n) is 9.41. The first kappa shape index (κ1) is 20.1. The van der Waals surface area contributed by atoms with Crippen molar-refractivity contribution in [3.8, 4) is 0 Å². The number of carbonyl (C=O) groups is 3. The van der Waals surface area contributed by atoms with Crippen LogP contribution in [0.3, 0.4) is 0 Å². The molecule has 1 saturated carbocycles. The van der Waals surface area contributed by atoms with Crippen LogP contribution in [0.5, 0.6) is 0 Å². The van der Waals surface area contributed by atoms with Gasteiger partial charge in [-0.3, -0.25) is 14.4 Å². The van der Waals surface area contributed by atoms with Crippen molar-refractivity contribution in [2.24, 2.45) is 11.8 Å². The third-order valence-electron chi connectivity index (χ3n) is 5.14. The molecule has 0 unspecified atom stereocenters. The summed E-state index contributed by atoms with van der Waals surface area (Å²) < 4.78 is 0. The van der Waals surface area contributed by atoms with Crippen LogP contribution >= 0.6 is 11.6 Å². The van der Waals surface area contributed by atoms with Gasteiger partial charge in [-0.2, -0.15) is 0 Å². The van der Waals surface area contributed by atoms with E-state index < -0.39 is 0 Å². The number of benzene rings is 2. The van der Waals surface area contributed by atoms with Crippen LogP contribution in [0.25, 0.3) is 0 Å². The summed E-state index contributed by atoms with van der Waals surface area (Å²) in [5.41, 5.74) is 1.80. The van der Waals surface area contributed by atoms with Crippen LogP contribution in [-0.4, -0.2) is 17.6 Å². The fraction of sp³-hybridized carbons (Fsp3) is 0.318. The van der Waals surface area contributed by atoms with Gasteiger partial charge in [-0.15, -0.1) is 0 Å². The van der Waals surface area contributed by atoms with Crippen LogP contribution < -0.4 is 10.6 Å². The quantitative estimate of drug-likeness (QED) is 0.701. The van der Waals surface area contributed by atoms with Crippen LogP contribution in [0.4, 0.5) is 11.4 Å². The number of anilines is 2. The summed E-state index contributed by atoms with van der Waals surface area (Å²) in [4.78, 5) is 36.5. The van der Waals surface area contributed by atoms with E-state index in [0.717, 1.165) is 0 Å². The van der Waals surface area contributed by atoms with Gasteiger partial charge in [0, 0.05) is 23.1 Å². The summed E-state index contributed by atoms with van der Waals surface area (Å²) in [7, 11) is 0. The summed E-state index contributed by atoms with van der Waals surface area (Å²) in [5.74, 6) is -0.417. The van der Waals surface area contributed by atoms with Gasteiger partial charge in [0.25, 0.3) is 0 Å². The second-order valence-corrected chi connectivity index (χ2v) is 7.55. The molecule has 2 N–H and O–H groups in total. The van der Waals surface area contributed by atoms with Gasteiger partial charge in [0.15, 0.2) is 5.78 Å². The Bertz CT molecular complexity index is 889. The van der Waals surface area contributed by atoms with Gasteiger partial charge in [-0.1, -0.05) is 35.9 Å². The number of Topliss-reactive ketones (excluding diaryl/α,β-unsaturated/α-hetero) is 1. The van der Waals surface area contributed by atoms with E-state index in [2.05, 4.69) is 10.6 Å². The lowest BCUT2D eigenvalue weighted by Gasteiger charge is -2.27. The molecule has 6 heteroatoms. The van der Waals surface area contributed by atoms with Crippen molar-refractivity contribution < 1.29 is 14.4 Å². The molecule has 0 aliphatic heterocycles. The van der Waals surface area contributed by atoms with Gasteiger partial charge in [-0.05, 0) is 56.9 Å². The highest BCUT2D eigenvalue weighted by atomic mass is 35.5.